The van der Waals surface area contributed by atoms with Crippen LogP contribution in [0.15, 0.2) is 42.5 Å². The second-order valence-electron chi connectivity index (χ2n) is 7.39. The van der Waals surface area contributed by atoms with E-state index in [0.29, 0.717) is 34.8 Å². The largest absolute Gasteiger partial charge is 0.323 e. The highest BCUT2D eigenvalue weighted by Gasteiger charge is 2.53. The summed E-state index contributed by atoms with van der Waals surface area (Å²) in [5, 5.41) is 3.21. The van der Waals surface area contributed by atoms with Crippen molar-refractivity contribution in [2.45, 2.75) is 32.4 Å². The van der Waals surface area contributed by atoms with Crippen molar-refractivity contribution in [3.63, 3.8) is 0 Å². The van der Waals surface area contributed by atoms with E-state index in [0.717, 1.165) is 5.56 Å². The Bertz CT molecular complexity index is 1010. The fourth-order valence-electron chi connectivity index (χ4n) is 4.00. The van der Waals surface area contributed by atoms with Crippen molar-refractivity contribution in [3.8, 4) is 0 Å². The number of benzene rings is 2. The summed E-state index contributed by atoms with van der Waals surface area (Å²) in [4.78, 5) is 41.6. The molecule has 28 heavy (non-hydrogen) atoms. The molecule has 0 bridgehead atoms. The maximum atomic E-state index is 13.2. The van der Waals surface area contributed by atoms with Gasteiger partial charge in [0.25, 0.3) is 5.91 Å². The van der Waals surface area contributed by atoms with Gasteiger partial charge in [-0.25, -0.2) is 0 Å². The Kier molecular flexibility index (Phi) is 4.38. The van der Waals surface area contributed by atoms with Gasteiger partial charge in [0.05, 0.1) is 22.0 Å². The SMILES string of the molecule is Cc1ccc(NC(=O)CN2C(=O)c3ccccc3N3C(=O)CCC23C)c(Cl)c1. The molecule has 1 atom stereocenters. The lowest BCUT2D eigenvalue weighted by Gasteiger charge is -2.48. The highest BCUT2D eigenvalue weighted by Crippen LogP contribution is 2.43. The van der Waals surface area contributed by atoms with Crippen molar-refractivity contribution in [1.82, 2.24) is 4.90 Å². The molecule has 0 aliphatic carbocycles. The summed E-state index contributed by atoms with van der Waals surface area (Å²) in [6.07, 6.45) is 0.810. The molecule has 2 aliphatic heterocycles. The molecule has 1 unspecified atom stereocenters. The molecule has 0 radical (unpaired) electrons. The number of carbonyl (C=O) groups is 3. The first-order valence-electron chi connectivity index (χ1n) is 9.11. The Morgan fingerprint density at radius 2 is 1.96 bits per heavy atom. The first kappa shape index (κ1) is 18.5. The normalized spacial score (nSPS) is 20.8. The molecule has 2 aromatic rings. The van der Waals surface area contributed by atoms with Gasteiger partial charge in [0.1, 0.15) is 12.2 Å². The van der Waals surface area contributed by atoms with Crippen LogP contribution in [0, 0.1) is 6.92 Å². The predicted octanol–water partition coefficient (Wildman–Crippen LogP) is 3.59. The van der Waals surface area contributed by atoms with Crippen LogP contribution in [0.2, 0.25) is 5.02 Å². The fraction of sp³-hybridized carbons (Fsp3) is 0.286. The molecule has 1 fully saturated rings. The Labute approximate surface area is 168 Å². The van der Waals surface area contributed by atoms with Gasteiger partial charge >= 0.3 is 0 Å². The zero-order chi connectivity index (χ0) is 20.1. The lowest BCUT2D eigenvalue weighted by Crippen LogP contribution is -2.63. The van der Waals surface area contributed by atoms with E-state index in [2.05, 4.69) is 5.32 Å². The van der Waals surface area contributed by atoms with Gasteiger partial charge in [-0.15, -0.1) is 0 Å². The van der Waals surface area contributed by atoms with E-state index in [9.17, 15) is 14.4 Å². The topological polar surface area (TPSA) is 69.7 Å². The molecular formula is C21H20ClN3O3. The lowest BCUT2D eigenvalue weighted by molar-refractivity contribution is -0.120. The third-order valence-electron chi connectivity index (χ3n) is 5.45. The minimum atomic E-state index is -0.864. The van der Waals surface area contributed by atoms with Crippen LogP contribution >= 0.6 is 11.6 Å². The van der Waals surface area contributed by atoms with Crippen LogP contribution in [0.1, 0.15) is 35.7 Å². The molecule has 7 heteroatoms. The van der Waals surface area contributed by atoms with Crippen LogP contribution in [0.25, 0.3) is 0 Å². The van der Waals surface area contributed by atoms with Crippen molar-refractivity contribution in [1.29, 1.82) is 0 Å². The number of aryl methyl sites for hydroxylation is 1. The minimum absolute atomic E-state index is 0.0468. The number of rotatable bonds is 3. The first-order valence-corrected chi connectivity index (χ1v) is 9.49. The van der Waals surface area contributed by atoms with Crippen LogP contribution in [0.4, 0.5) is 11.4 Å². The average Bonchev–Trinajstić information content (AvgIpc) is 2.97. The van der Waals surface area contributed by atoms with E-state index in [1.54, 1.807) is 41.3 Å². The standard InChI is InChI=1S/C21H20ClN3O3/c1-13-7-8-16(15(22)11-13)23-18(26)12-24-20(28)14-5-3-4-6-17(14)25-19(27)9-10-21(24,25)2/h3-8,11H,9-10,12H2,1-2H3,(H,23,26). The van der Waals surface area contributed by atoms with Crippen LogP contribution in [-0.2, 0) is 9.59 Å². The summed E-state index contributed by atoms with van der Waals surface area (Å²) >= 11 is 6.20. The van der Waals surface area contributed by atoms with Gasteiger partial charge in [0.2, 0.25) is 11.8 Å². The molecule has 144 valence electrons. The summed E-state index contributed by atoms with van der Waals surface area (Å²) in [5.41, 5.74) is 1.65. The van der Waals surface area contributed by atoms with Gasteiger partial charge in [0, 0.05) is 6.42 Å². The minimum Gasteiger partial charge on any atom is -0.323 e. The van der Waals surface area contributed by atoms with E-state index in [-0.39, 0.29) is 24.3 Å². The third kappa shape index (κ3) is 2.85. The second-order valence-corrected chi connectivity index (χ2v) is 7.79. The third-order valence-corrected chi connectivity index (χ3v) is 5.76. The summed E-state index contributed by atoms with van der Waals surface area (Å²) in [6, 6.07) is 12.4. The number of fused-ring (bicyclic) bond motifs is 3. The number of hydrogen-bond acceptors (Lipinski definition) is 3. The Morgan fingerprint density at radius 1 is 1.21 bits per heavy atom. The molecule has 2 aliphatic rings. The number of para-hydroxylation sites is 1. The van der Waals surface area contributed by atoms with Gasteiger partial charge in [0.15, 0.2) is 0 Å². The van der Waals surface area contributed by atoms with E-state index < -0.39 is 5.66 Å². The van der Waals surface area contributed by atoms with Crippen molar-refractivity contribution in [2.24, 2.45) is 0 Å². The monoisotopic (exact) mass is 397 g/mol. The highest BCUT2D eigenvalue weighted by molar-refractivity contribution is 6.33. The molecule has 0 aromatic heterocycles. The van der Waals surface area contributed by atoms with Gasteiger partial charge in [-0.05, 0) is 50.1 Å². The van der Waals surface area contributed by atoms with Gasteiger partial charge in [-0.2, -0.15) is 0 Å². The zero-order valence-corrected chi connectivity index (χ0v) is 16.4. The van der Waals surface area contributed by atoms with Gasteiger partial charge in [-0.3, -0.25) is 19.3 Å². The number of anilines is 2. The zero-order valence-electron chi connectivity index (χ0n) is 15.7. The smallest absolute Gasteiger partial charge is 0.258 e. The van der Waals surface area contributed by atoms with Crippen molar-refractivity contribution in [2.75, 3.05) is 16.8 Å². The summed E-state index contributed by atoms with van der Waals surface area (Å²) in [5.74, 6) is -0.664. The molecule has 3 amide bonds. The molecule has 4 rings (SSSR count). The quantitative estimate of drug-likeness (QED) is 0.860. The van der Waals surface area contributed by atoms with Crippen LogP contribution in [0.5, 0.6) is 0 Å². The van der Waals surface area contributed by atoms with Crippen LogP contribution in [0.3, 0.4) is 0 Å². The average molecular weight is 398 g/mol. The predicted molar refractivity (Wildman–Crippen MR) is 107 cm³/mol. The van der Waals surface area contributed by atoms with Gasteiger partial charge < -0.3 is 10.2 Å². The molecule has 6 nitrogen and oxygen atoms in total. The number of halogens is 1. The second kappa shape index (κ2) is 6.63. The fourth-order valence-corrected chi connectivity index (χ4v) is 4.28. The lowest BCUT2D eigenvalue weighted by atomic mass is 9.98. The van der Waals surface area contributed by atoms with Crippen LogP contribution < -0.4 is 10.2 Å². The first-order chi connectivity index (χ1) is 13.3. The van der Waals surface area contributed by atoms with Crippen molar-refractivity contribution in [3.05, 3.63) is 58.6 Å². The van der Waals surface area contributed by atoms with Gasteiger partial charge in [-0.1, -0.05) is 29.8 Å². The molecular weight excluding hydrogens is 378 g/mol. The number of amides is 3. The molecule has 1 saturated heterocycles. The molecule has 1 N–H and O–H groups in total. The van der Waals surface area contributed by atoms with Crippen LogP contribution in [-0.4, -0.2) is 34.8 Å². The summed E-state index contributed by atoms with van der Waals surface area (Å²) in [6.45, 7) is 3.57. The summed E-state index contributed by atoms with van der Waals surface area (Å²) < 4.78 is 0. The van der Waals surface area contributed by atoms with E-state index in [4.69, 9.17) is 11.6 Å². The van der Waals surface area contributed by atoms with E-state index >= 15 is 0 Å². The number of nitrogens with zero attached hydrogens (tertiary/aromatic N) is 2. The molecule has 0 spiro atoms. The Balaban J connectivity index is 1.64. The maximum absolute atomic E-state index is 13.2. The summed E-state index contributed by atoms with van der Waals surface area (Å²) in [7, 11) is 0. The van der Waals surface area contributed by atoms with Crippen molar-refractivity contribution >= 4 is 40.7 Å². The number of nitrogens with one attached hydrogen (secondary N) is 1. The molecule has 0 saturated carbocycles. The van der Waals surface area contributed by atoms with E-state index in [1.165, 1.54) is 4.90 Å². The van der Waals surface area contributed by atoms with E-state index in [1.807, 2.05) is 19.9 Å². The Morgan fingerprint density at radius 3 is 2.71 bits per heavy atom. The Hall–Kier alpha value is -2.86. The molecule has 2 aromatic carbocycles. The highest BCUT2D eigenvalue weighted by atomic mass is 35.5. The number of hydrogen-bond donors (Lipinski definition) is 1. The van der Waals surface area contributed by atoms with Crippen molar-refractivity contribution < 1.29 is 14.4 Å². The number of carbonyl (C=O) groups excluding carboxylic acids is 3. The molecule has 2 heterocycles. The maximum Gasteiger partial charge on any atom is 0.258 e.